The van der Waals surface area contributed by atoms with E-state index in [1.807, 2.05) is 0 Å². The lowest BCUT2D eigenvalue weighted by Crippen LogP contribution is -2.31. The second kappa shape index (κ2) is 6.38. The van der Waals surface area contributed by atoms with Crippen molar-refractivity contribution in [3.63, 3.8) is 0 Å². The van der Waals surface area contributed by atoms with Crippen LogP contribution >= 0.6 is 0 Å². The van der Waals surface area contributed by atoms with E-state index in [0.29, 0.717) is 22.5 Å². The number of urea groups is 1. The number of imide groups is 1. The third-order valence-electron chi connectivity index (χ3n) is 4.62. The van der Waals surface area contributed by atoms with E-state index in [9.17, 15) is 19.2 Å². The first kappa shape index (κ1) is 17.5. The Bertz CT molecular complexity index is 1190. The Labute approximate surface area is 158 Å². The van der Waals surface area contributed by atoms with Crippen molar-refractivity contribution in [1.29, 1.82) is 0 Å². The first-order valence-corrected chi connectivity index (χ1v) is 8.54. The number of para-hydroxylation sites is 1. The molecular weight excluding hydrogens is 364 g/mol. The zero-order valence-corrected chi connectivity index (χ0v) is 15.0. The largest absolute Gasteiger partial charge is 0.417 e. The molecule has 1 aliphatic heterocycles. The van der Waals surface area contributed by atoms with Crippen LogP contribution in [0.3, 0.4) is 0 Å². The van der Waals surface area contributed by atoms with Crippen LogP contribution in [0.4, 0.5) is 16.2 Å². The number of nitrogens with one attached hydrogen (secondary N) is 3. The van der Waals surface area contributed by atoms with Crippen molar-refractivity contribution in [2.75, 3.05) is 10.2 Å². The fraction of sp³-hybridized carbons (Fsp3) is 0.158. The van der Waals surface area contributed by atoms with Crippen molar-refractivity contribution < 1.29 is 18.8 Å². The Morgan fingerprint density at radius 1 is 1.14 bits per heavy atom. The third kappa shape index (κ3) is 2.73. The minimum Gasteiger partial charge on any atom is -0.407 e. The predicted molar refractivity (Wildman–Crippen MR) is 101 cm³/mol. The number of aromatic nitrogens is 1. The molecule has 0 radical (unpaired) electrons. The van der Waals surface area contributed by atoms with E-state index < -0.39 is 23.7 Å². The highest BCUT2D eigenvalue weighted by atomic mass is 16.4. The summed E-state index contributed by atoms with van der Waals surface area (Å²) < 4.78 is 5.06. The summed E-state index contributed by atoms with van der Waals surface area (Å²) in [6.07, 6.45) is 0. The molecule has 3 aromatic rings. The summed E-state index contributed by atoms with van der Waals surface area (Å²) in [7, 11) is 0. The summed E-state index contributed by atoms with van der Waals surface area (Å²) in [4.78, 5) is 52.1. The molecule has 9 nitrogen and oxygen atoms in total. The Morgan fingerprint density at radius 3 is 2.61 bits per heavy atom. The first-order valence-electron chi connectivity index (χ1n) is 8.54. The summed E-state index contributed by atoms with van der Waals surface area (Å²) in [5.41, 5.74) is 2.12. The van der Waals surface area contributed by atoms with Gasteiger partial charge in [-0.15, -0.1) is 0 Å². The lowest BCUT2D eigenvalue weighted by molar-refractivity contribution is -0.117. The Balaban J connectivity index is 1.69. The van der Waals surface area contributed by atoms with E-state index >= 15 is 0 Å². The highest BCUT2D eigenvalue weighted by Gasteiger charge is 2.37. The van der Waals surface area contributed by atoms with E-state index in [1.54, 1.807) is 44.2 Å². The highest BCUT2D eigenvalue weighted by molar-refractivity contribution is 6.22. The molecule has 2 heterocycles. The van der Waals surface area contributed by atoms with Crippen LogP contribution in [0.1, 0.15) is 22.8 Å². The predicted octanol–water partition coefficient (Wildman–Crippen LogP) is 2.13. The van der Waals surface area contributed by atoms with Crippen LogP contribution in [0.2, 0.25) is 0 Å². The fourth-order valence-electron chi connectivity index (χ4n) is 3.18. The molecular formula is C19H16N4O5. The maximum absolute atomic E-state index is 12.8. The number of rotatable bonds is 3. The van der Waals surface area contributed by atoms with E-state index in [1.165, 1.54) is 6.07 Å². The van der Waals surface area contributed by atoms with Crippen molar-refractivity contribution in [2.24, 2.45) is 0 Å². The van der Waals surface area contributed by atoms with Gasteiger partial charge < -0.3 is 15.1 Å². The average molecular weight is 380 g/mol. The van der Waals surface area contributed by atoms with Crippen LogP contribution in [-0.2, 0) is 4.79 Å². The van der Waals surface area contributed by atoms with Crippen molar-refractivity contribution in [3.8, 4) is 0 Å². The number of hydrogen-bond donors (Lipinski definition) is 3. The standard InChI is InChI=1S/C19H16N4O5/c1-9-12(6-4-8-14(9)23-17(25)10(2)20-18(23)26)21-16(24)11-5-3-7-13-15(11)28-19(27)22-13/h3-8,10H,1-2H3,(H,20,26)(H,21,24)(H,22,27). The van der Waals surface area contributed by atoms with Crippen LogP contribution in [0.15, 0.2) is 45.6 Å². The Kier molecular flexibility index (Phi) is 3.99. The van der Waals surface area contributed by atoms with Gasteiger partial charge >= 0.3 is 11.8 Å². The van der Waals surface area contributed by atoms with Gasteiger partial charge in [-0.2, -0.15) is 0 Å². The molecule has 0 spiro atoms. The Morgan fingerprint density at radius 2 is 1.89 bits per heavy atom. The number of anilines is 2. The van der Waals surface area contributed by atoms with Crippen molar-refractivity contribution >= 4 is 40.3 Å². The van der Waals surface area contributed by atoms with E-state index in [4.69, 9.17) is 4.42 Å². The van der Waals surface area contributed by atoms with Gasteiger partial charge in [0.1, 0.15) is 6.04 Å². The SMILES string of the molecule is Cc1c(NC(=O)c2cccc3[nH]c(=O)oc23)cccc1N1C(=O)NC(C)C1=O. The van der Waals surface area contributed by atoms with Crippen LogP contribution in [0.25, 0.3) is 11.1 Å². The molecule has 0 bridgehead atoms. The summed E-state index contributed by atoms with van der Waals surface area (Å²) in [5.74, 6) is -1.50. The van der Waals surface area contributed by atoms with Crippen LogP contribution in [0, 0.1) is 6.92 Å². The summed E-state index contributed by atoms with van der Waals surface area (Å²) >= 11 is 0. The Hall–Kier alpha value is -3.88. The van der Waals surface area contributed by atoms with Crippen LogP contribution in [0.5, 0.6) is 0 Å². The normalized spacial score (nSPS) is 16.5. The molecule has 0 aliphatic carbocycles. The van der Waals surface area contributed by atoms with Crippen molar-refractivity contribution in [3.05, 3.63) is 58.1 Å². The van der Waals surface area contributed by atoms with E-state index in [0.717, 1.165) is 4.90 Å². The summed E-state index contributed by atoms with van der Waals surface area (Å²) in [6, 6.07) is 8.59. The molecule has 4 rings (SSSR count). The molecule has 0 saturated carbocycles. The number of carbonyl (C=O) groups excluding carboxylic acids is 3. The van der Waals surface area contributed by atoms with Gasteiger partial charge in [-0.1, -0.05) is 12.1 Å². The maximum Gasteiger partial charge on any atom is 0.417 e. The fourth-order valence-corrected chi connectivity index (χ4v) is 3.18. The quantitative estimate of drug-likeness (QED) is 0.601. The molecule has 9 heteroatoms. The molecule has 1 aliphatic rings. The van der Waals surface area contributed by atoms with E-state index in [-0.39, 0.29) is 17.1 Å². The second-order valence-corrected chi connectivity index (χ2v) is 6.45. The highest BCUT2D eigenvalue weighted by Crippen LogP contribution is 2.30. The van der Waals surface area contributed by atoms with Crippen molar-refractivity contribution in [1.82, 2.24) is 10.3 Å². The lowest BCUT2D eigenvalue weighted by atomic mass is 10.1. The molecule has 1 atom stereocenters. The van der Waals surface area contributed by atoms with Gasteiger partial charge in [-0.25, -0.2) is 14.5 Å². The molecule has 1 fully saturated rings. The van der Waals surface area contributed by atoms with Crippen LogP contribution in [-0.4, -0.2) is 28.9 Å². The number of nitrogens with zero attached hydrogens (tertiary/aromatic N) is 1. The number of carbonyl (C=O) groups is 3. The summed E-state index contributed by atoms with van der Waals surface area (Å²) in [5, 5.41) is 5.30. The van der Waals surface area contributed by atoms with Gasteiger partial charge in [-0.3, -0.25) is 14.6 Å². The number of benzene rings is 2. The number of fused-ring (bicyclic) bond motifs is 1. The van der Waals surface area contributed by atoms with E-state index in [2.05, 4.69) is 15.6 Å². The van der Waals surface area contributed by atoms with Gasteiger partial charge in [-0.05, 0) is 43.7 Å². The van der Waals surface area contributed by atoms with Gasteiger partial charge in [0.05, 0.1) is 16.8 Å². The average Bonchev–Trinajstić information content (AvgIpc) is 3.15. The zero-order valence-electron chi connectivity index (χ0n) is 15.0. The zero-order chi connectivity index (χ0) is 20.0. The number of H-pyrrole nitrogens is 1. The molecule has 3 N–H and O–H groups in total. The number of amides is 4. The number of aromatic amines is 1. The molecule has 1 unspecified atom stereocenters. The van der Waals surface area contributed by atoms with Gasteiger partial charge in [0, 0.05) is 5.69 Å². The number of oxazole rings is 1. The third-order valence-corrected chi connectivity index (χ3v) is 4.62. The lowest BCUT2D eigenvalue weighted by Gasteiger charge is -2.18. The summed E-state index contributed by atoms with van der Waals surface area (Å²) in [6.45, 7) is 3.30. The molecule has 1 saturated heterocycles. The van der Waals surface area contributed by atoms with Gasteiger partial charge in [0.15, 0.2) is 5.58 Å². The number of hydrogen-bond acceptors (Lipinski definition) is 5. The molecule has 4 amide bonds. The minimum atomic E-state index is -0.652. The second-order valence-electron chi connectivity index (χ2n) is 6.45. The van der Waals surface area contributed by atoms with Crippen LogP contribution < -0.4 is 21.3 Å². The smallest absolute Gasteiger partial charge is 0.407 e. The molecule has 28 heavy (non-hydrogen) atoms. The molecule has 1 aromatic heterocycles. The topological polar surface area (TPSA) is 125 Å². The monoisotopic (exact) mass is 380 g/mol. The minimum absolute atomic E-state index is 0.154. The molecule has 2 aromatic carbocycles. The van der Waals surface area contributed by atoms with Gasteiger partial charge in [0.2, 0.25) is 0 Å². The van der Waals surface area contributed by atoms with Gasteiger partial charge in [0.25, 0.3) is 11.8 Å². The van der Waals surface area contributed by atoms with Crippen molar-refractivity contribution in [2.45, 2.75) is 19.9 Å². The first-order chi connectivity index (χ1) is 13.4. The molecule has 142 valence electrons. The maximum atomic E-state index is 12.8.